The summed E-state index contributed by atoms with van der Waals surface area (Å²) in [5.41, 5.74) is 0. The van der Waals surface area contributed by atoms with E-state index in [2.05, 4.69) is 0 Å². The average Bonchev–Trinajstić information content (AvgIpc) is 0.811. The van der Waals surface area contributed by atoms with Crippen LogP contribution in [-0.2, 0) is 0 Å². The smallest absolute Gasteiger partial charge is 0.0976 e. The van der Waals surface area contributed by atoms with Crippen molar-refractivity contribution in [2.24, 2.45) is 5.84 Å². The van der Waals surface area contributed by atoms with Crippen LogP contribution in [0, 0.1) is 0 Å². The first-order valence-corrected chi connectivity index (χ1v) is 2.05. The highest BCUT2D eigenvalue weighted by molar-refractivity contribution is 6.03. The third-order valence-corrected chi connectivity index (χ3v) is 0. The van der Waals surface area contributed by atoms with Gasteiger partial charge >= 0.3 is 0 Å². The summed E-state index contributed by atoms with van der Waals surface area (Å²) >= 11 is 0. The Morgan fingerprint density at radius 1 is 2.00 bits per heavy atom. The molecular formula is CH8N2Si. The molecule has 0 bridgehead atoms. The van der Waals surface area contributed by atoms with Crippen molar-refractivity contribution in [3.8, 4) is 0 Å². The predicted molar refractivity (Wildman–Crippen MR) is 21.9 cm³/mol. The van der Waals surface area contributed by atoms with Crippen LogP contribution < -0.4 is 5.84 Å². The fourth-order valence-electron chi connectivity index (χ4n) is 0. The van der Waals surface area contributed by atoms with E-state index in [-0.39, 0.29) is 0 Å². The molecule has 0 amide bonds. The lowest BCUT2D eigenvalue weighted by atomic mass is 11.5. The molecule has 0 rings (SSSR count). The molecule has 0 aliphatic heterocycles. The lowest BCUT2D eigenvalue weighted by molar-refractivity contribution is 0.587. The van der Waals surface area contributed by atoms with Crippen LogP contribution in [0.5, 0.6) is 0 Å². The summed E-state index contributed by atoms with van der Waals surface area (Å²) in [6, 6.07) is 0. The van der Waals surface area contributed by atoms with Crippen LogP contribution in [-0.4, -0.2) is 22.1 Å². The Morgan fingerprint density at radius 2 is 2.00 bits per heavy atom. The van der Waals surface area contributed by atoms with Crippen molar-refractivity contribution in [3.05, 3.63) is 0 Å². The second-order valence-electron chi connectivity index (χ2n) is 0.964. The quantitative estimate of drug-likeness (QED) is 0.207. The minimum absolute atomic E-state index is 0.960. The largest absolute Gasteiger partial charge is 0.283 e. The van der Waals surface area contributed by atoms with Crippen LogP contribution in [0.2, 0.25) is 0 Å². The number of nitrogens with zero attached hydrogens (tertiary/aromatic N) is 1. The van der Waals surface area contributed by atoms with E-state index < -0.39 is 0 Å². The van der Waals surface area contributed by atoms with Gasteiger partial charge in [0.2, 0.25) is 0 Å². The van der Waals surface area contributed by atoms with Crippen molar-refractivity contribution in [3.63, 3.8) is 0 Å². The Morgan fingerprint density at radius 3 is 2.00 bits per heavy atom. The topological polar surface area (TPSA) is 29.3 Å². The molecule has 0 aromatic rings. The fourth-order valence-corrected chi connectivity index (χ4v) is 0. The molecule has 0 saturated heterocycles. The lowest BCUT2D eigenvalue weighted by Crippen LogP contribution is -2.21. The fraction of sp³-hybridized carbons (Fsp3) is 1.00. The van der Waals surface area contributed by atoms with Crippen LogP contribution in [0.1, 0.15) is 0 Å². The highest BCUT2D eigenvalue weighted by atomic mass is 28.2. The standard InChI is InChI=1S/CH8N2Si/c1-3(2)4/h2H2,1,4H3. The zero-order valence-electron chi connectivity index (χ0n) is 3.02. The molecule has 0 radical (unpaired) electrons. The third-order valence-electron chi connectivity index (χ3n) is 0. The second kappa shape index (κ2) is 1.46. The highest BCUT2D eigenvalue weighted by Crippen LogP contribution is 1.34. The van der Waals surface area contributed by atoms with Gasteiger partial charge in [0, 0.05) is 0 Å². The van der Waals surface area contributed by atoms with E-state index in [0.717, 1.165) is 10.4 Å². The summed E-state index contributed by atoms with van der Waals surface area (Å²) in [5, 5.41) is 0. The van der Waals surface area contributed by atoms with E-state index in [4.69, 9.17) is 5.84 Å². The molecule has 2 nitrogen and oxygen atoms in total. The van der Waals surface area contributed by atoms with Crippen molar-refractivity contribution in [1.82, 2.24) is 4.67 Å². The van der Waals surface area contributed by atoms with Crippen LogP contribution in [0.4, 0.5) is 0 Å². The van der Waals surface area contributed by atoms with Gasteiger partial charge in [-0.1, -0.05) is 0 Å². The molecule has 0 spiro atoms. The number of hydrogen-bond donors (Lipinski definition) is 1. The Balaban J connectivity index is 2.32. The Bertz CT molecular complexity index is 10.8. The third kappa shape index (κ3) is 147. The molecule has 2 N–H and O–H groups in total. The Hall–Kier alpha value is 0.137. The predicted octanol–water partition coefficient (Wildman–Crippen LogP) is -1.93. The van der Waals surface area contributed by atoms with E-state index in [1.54, 1.807) is 4.67 Å². The zero-order chi connectivity index (χ0) is 3.58. The molecule has 0 aliphatic carbocycles. The molecule has 0 unspecified atom stereocenters. The highest BCUT2D eigenvalue weighted by Gasteiger charge is 1.57. The van der Waals surface area contributed by atoms with E-state index >= 15 is 0 Å². The number of hydrogen-bond acceptors (Lipinski definition) is 2. The van der Waals surface area contributed by atoms with Gasteiger partial charge in [0.15, 0.2) is 0 Å². The van der Waals surface area contributed by atoms with Crippen molar-refractivity contribution >= 4 is 10.4 Å². The Kier molecular flexibility index (Phi) is 1.51. The van der Waals surface area contributed by atoms with Crippen molar-refractivity contribution in [2.45, 2.75) is 0 Å². The van der Waals surface area contributed by atoms with Gasteiger partial charge in [-0.3, -0.25) is 10.5 Å². The molecule has 0 aliphatic rings. The normalized spacial score (nSPS) is 9.75. The van der Waals surface area contributed by atoms with E-state index in [9.17, 15) is 0 Å². The molecular weight excluding hydrogens is 68.1 g/mol. The summed E-state index contributed by atoms with van der Waals surface area (Å²) in [6.45, 7) is 0. The minimum atomic E-state index is 0.960. The van der Waals surface area contributed by atoms with Gasteiger partial charge in [0.1, 0.15) is 0 Å². The monoisotopic (exact) mass is 76.0 g/mol. The van der Waals surface area contributed by atoms with Gasteiger partial charge in [-0.2, -0.15) is 0 Å². The number of hydrazine groups is 1. The first-order valence-electron chi connectivity index (χ1n) is 1.15. The molecule has 26 valence electrons. The van der Waals surface area contributed by atoms with E-state index in [1.807, 2.05) is 7.05 Å². The molecule has 0 atom stereocenters. The maximum atomic E-state index is 5.01. The van der Waals surface area contributed by atoms with Gasteiger partial charge in [0.05, 0.1) is 10.4 Å². The molecule has 3 heteroatoms. The zero-order valence-corrected chi connectivity index (χ0v) is 5.02. The molecule has 0 heterocycles. The summed E-state index contributed by atoms with van der Waals surface area (Å²) in [6.07, 6.45) is 0. The summed E-state index contributed by atoms with van der Waals surface area (Å²) in [4.78, 5) is 0. The van der Waals surface area contributed by atoms with E-state index in [0.29, 0.717) is 0 Å². The second-order valence-corrected chi connectivity index (χ2v) is 2.37. The van der Waals surface area contributed by atoms with Gasteiger partial charge < -0.3 is 0 Å². The molecule has 0 aromatic carbocycles. The van der Waals surface area contributed by atoms with Crippen LogP contribution in [0.25, 0.3) is 0 Å². The SMILES string of the molecule is CN(N)[SiH3]. The van der Waals surface area contributed by atoms with Gasteiger partial charge in [-0.25, -0.2) is 0 Å². The summed E-state index contributed by atoms with van der Waals surface area (Å²) < 4.78 is 1.64. The molecule has 0 aromatic heterocycles. The summed E-state index contributed by atoms with van der Waals surface area (Å²) in [5.74, 6) is 5.01. The van der Waals surface area contributed by atoms with E-state index in [1.165, 1.54) is 0 Å². The lowest BCUT2D eigenvalue weighted by Gasteiger charge is -1.91. The van der Waals surface area contributed by atoms with Crippen LogP contribution in [0.3, 0.4) is 0 Å². The summed E-state index contributed by atoms with van der Waals surface area (Å²) in [7, 11) is 2.80. The van der Waals surface area contributed by atoms with Gasteiger partial charge in [0.25, 0.3) is 0 Å². The molecule has 4 heavy (non-hydrogen) atoms. The van der Waals surface area contributed by atoms with Gasteiger partial charge in [-0.05, 0) is 7.05 Å². The van der Waals surface area contributed by atoms with Crippen LogP contribution in [0.15, 0.2) is 0 Å². The first kappa shape index (κ1) is 4.14. The first-order chi connectivity index (χ1) is 1.73. The van der Waals surface area contributed by atoms with Gasteiger partial charge in [-0.15, -0.1) is 0 Å². The molecule has 0 fully saturated rings. The van der Waals surface area contributed by atoms with Crippen molar-refractivity contribution in [2.75, 3.05) is 7.05 Å². The average molecular weight is 76.2 g/mol. The Labute approximate surface area is 29.1 Å². The maximum absolute atomic E-state index is 5.01. The van der Waals surface area contributed by atoms with Crippen LogP contribution >= 0.6 is 0 Å². The maximum Gasteiger partial charge on any atom is 0.0976 e. The molecule has 0 saturated carbocycles. The number of rotatable bonds is 0. The number of nitrogens with two attached hydrogens (primary N) is 1. The van der Waals surface area contributed by atoms with Crippen molar-refractivity contribution < 1.29 is 0 Å². The van der Waals surface area contributed by atoms with Crippen molar-refractivity contribution in [1.29, 1.82) is 0 Å². The minimum Gasteiger partial charge on any atom is -0.283 e.